The molecule has 3 saturated carbocycles. The molecule has 0 unspecified atom stereocenters. The molecule has 0 radical (unpaired) electrons. The number of fused-ring (bicyclic) bond motifs is 5. The SMILES string of the molecule is C[C@@]12CC[C@H]3[C@H](CCC4=CC(=O)CC[C@@]43CO)[C@@H]1CC[C@H]2O. The van der Waals surface area contributed by atoms with Crippen LogP contribution in [-0.2, 0) is 4.79 Å². The van der Waals surface area contributed by atoms with Gasteiger partial charge in [0.1, 0.15) is 0 Å². The second-order valence-electron chi connectivity index (χ2n) is 8.50. The molecule has 0 amide bonds. The quantitative estimate of drug-likeness (QED) is 0.783. The molecule has 0 bridgehead atoms. The second kappa shape index (κ2) is 4.91. The van der Waals surface area contributed by atoms with Crippen molar-refractivity contribution in [2.45, 2.75) is 64.4 Å². The van der Waals surface area contributed by atoms with Gasteiger partial charge in [0.2, 0.25) is 0 Å². The van der Waals surface area contributed by atoms with Gasteiger partial charge in [-0.2, -0.15) is 0 Å². The van der Waals surface area contributed by atoms with Crippen molar-refractivity contribution < 1.29 is 15.0 Å². The number of carbonyl (C=O) groups excluding carboxylic acids is 1. The number of aliphatic hydroxyl groups excluding tert-OH is 2. The number of ketones is 1. The van der Waals surface area contributed by atoms with Gasteiger partial charge in [0.05, 0.1) is 12.7 Å². The van der Waals surface area contributed by atoms with Crippen LogP contribution < -0.4 is 0 Å². The van der Waals surface area contributed by atoms with Crippen LogP contribution in [0.5, 0.6) is 0 Å². The minimum Gasteiger partial charge on any atom is -0.395 e. The number of aliphatic hydroxyl groups is 2. The lowest BCUT2D eigenvalue weighted by atomic mass is 9.47. The molecule has 0 saturated heterocycles. The lowest BCUT2D eigenvalue weighted by molar-refractivity contribution is -0.120. The average molecular weight is 304 g/mol. The van der Waals surface area contributed by atoms with Gasteiger partial charge in [0, 0.05) is 11.8 Å². The maximum absolute atomic E-state index is 11.8. The van der Waals surface area contributed by atoms with Crippen LogP contribution in [0.2, 0.25) is 0 Å². The molecule has 122 valence electrons. The third-order valence-electron chi connectivity index (χ3n) is 7.92. The Morgan fingerprint density at radius 1 is 1.14 bits per heavy atom. The van der Waals surface area contributed by atoms with Crippen molar-refractivity contribution in [3.63, 3.8) is 0 Å². The Kier molecular flexibility index (Phi) is 3.32. The molecular weight excluding hydrogens is 276 g/mol. The van der Waals surface area contributed by atoms with Crippen LogP contribution in [0.15, 0.2) is 11.6 Å². The Morgan fingerprint density at radius 3 is 2.73 bits per heavy atom. The molecule has 3 nitrogen and oxygen atoms in total. The number of hydrogen-bond acceptors (Lipinski definition) is 3. The van der Waals surface area contributed by atoms with Crippen molar-refractivity contribution >= 4 is 5.78 Å². The lowest BCUT2D eigenvalue weighted by Gasteiger charge is -2.58. The molecule has 4 aliphatic carbocycles. The van der Waals surface area contributed by atoms with Gasteiger partial charge in [-0.25, -0.2) is 0 Å². The highest BCUT2D eigenvalue weighted by Crippen LogP contribution is 2.65. The van der Waals surface area contributed by atoms with Crippen molar-refractivity contribution in [1.29, 1.82) is 0 Å². The fourth-order valence-electron chi connectivity index (χ4n) is 6.63. The molecule has 0 aliphatic heterocycles. The Bertz CT molecular complexity index is 525. The topological polar surface area (TPSA) is 57.5 Å². The summed E-state index contributed by atoms with van der Waals surface area (Å²) < 4.78 is 0. The molecule has 2 N–H and O–H groups in total. The van der Waals surface area contributed by atoms with Crippen LogP contribution in [0.4, 0.5) is 0 Å². The van der Waals surface area contributed by atoms with Crippen molar-refractivity contribution in [2.24, 2.45) is 28.6 Å². The van der Waals surface area contributed by atoms with Crippen LogP contribution in [0, 0.1) is 28.6 Å². The van der Waals surface area contributed by atoms with E-state index in [1.165, 1.54) is 5.57 Å². The second-order valence-corrected chi connectivity index (χ2v) is 8.50. The molecule has 3 fully saturated rings. The van der Waals surface area contributed by atoms with E-state index in [2.05, 4.69) is 6.92 Å². The number of rotatable bonds is 1. The van der Waals surface area contributed by atoms with Crippen molar-refractivity contribution in [3.05, 3.63) is 11.6 Å². The van der Waals surface area contributed by atoms with Gasteiger partial charge >= 0.3 is 0 Å². The smallest absolute Gasteiger partial charge is 0.155 e. The fourth-order valence-corrected chi connectivity index (χ4v) is 6.63. The molecule has 0 aromatic heterocycles. The maximum Gasteiger partial charge on any atom is 0.155 e. The van der Waals surface area contributed by atoms with E-state index in [9.17, 15) is 15.0 Å². The van der Waals surface area contributed by atoms with E-state index in [0.29, 0.717) is 24.2 Å². The summed E-state index contributed by atoms with van der Waals surface area (Å²) >= 11 is 0. The van der Waals surface area contributed by atoms with E-state index < -0.39 is 0 Å². The Morgan fingerprint density at radius 2 is 1.95 bits per heavy atom. The highest BCUT2D eigenvalue weighted by Gasteiger charge is 2.59. The summed E-state index contributed by atoms with van der Waals surface area (Å²) in [7, 11) is 0. The fraction of sp³-hybridized carbons (Fsp3) is 0.842. The van der Waals surface area contributed by atoms with E-state index >= 15 is 0 Å². The van der Waals surface area contributed by atoms with Gasteiger partial charge < -0.3 is 10.2 Å². The van der Waals surface area contributed by atoms with Gasteiger partial charge in [-0.3, -0.25) is 4.79 Å². The molecule has 4 aliphatic rings. The molecule has 0 aromatic rings. The molecule has 6 atom stereocenters. The Labute approximate surface area is 132 Å². The molecule has 0 aromatic carbocycles. The summed E-state index contributed by atoms with van der Waals surface area (Å²) in [5.74, 6) is 1.97. The molecule has 0 spiro atoms. The average Bonchev–Trinajstić information content (AvgIpc) is 2.82. The van der Waals surface area contributed by atoms with E-state index in [1.54, 1.807) is 0 Å². The summed E-state index contributed by atoms with van der Waals surface area (Å²) in [6, 6.07) is 0. The first-order valence-electron chi connectivity index (χ1n) is 9.04. The van der Waals surface area contributed by atoms with Crippen molar-refractivity contribution in [2.75, 3.05) is 6.61 Å². The van der Waals surface area contributed by atoms with Gasteiger partial charge in [0.25, 0.3) is 0 Å². The van der Waals surface area contributed by atoms with Crippen LogP contribution in [-0.4, -0.2) is 28.7 Å². The third kappa shape index (κ3) is 1.78. The molecule has 22 heavy (non-hydrogen) atoms. The molecule has 3 heteroatoms. The van der Waals surface area contributed by atoms with E-state index in [0.717, 1.165) is 44.9 Å². The van der Waals surface area contributed by atoms with Crippen LogP contribution in [0.3, 0.4) is 0 Å². The minimum atomic E-state index is -0.145. The highest BCUT2D eigenvalue weighted by atomic mass is 16.3. The number of hydrogen-bond donors (Lipinski definition) is 2. The predicted molar refractivity (Wildman–Crippen MR) is 84.1 cm³/mol. The minimum absolute atomic E-state index is 0.0868. The zero-order valence-corrected chi connectivity index (χ0v) is 13.6. The van der Waals surface area contributed by atoms with Crippen LogP contribution in [0.1, 0.15) is 58.3 Å². The summed E-state index contributed by atoms with van der Waals surface area (Å²) in [5, 5.41) is 20.7. The predicted octanol–water partition coefficient (Wildman–Crippen LogP) is 2.85. The zero-order chi connectivity index (χ0) is 15.5. The van der Waals surface area contributed by atoms with Gasteiger partial charge in [-0.1, -0.05) is 12.5 Å². The van der Waals surface area contributed by atoms with Crippen LogP contribution >= 0.6 is 0 Å². The summed E-state index contributed by atoms with van der Waals surface area (Å²) in [6.45, 7) is 2.48. The van der Waals surface area contributed by atoms with Gasteiger partial charge in [0.15, 0.2) is 5.78 Å². The Balaban J connectivity index is 1.71. The van der Waals surface area contributed by atoms with E-state index in [-0.39, 0.29) is 29.3 Å². The molecule has 4 rings (SSSR count). The molecule has 0 heterocycles. The van der Waals surface area contributed by atoms with Crippen molar-refractivity contribution in [1.82, 2.24) is 0 Å². The molecular formula is C19H28O3. The summed E-state index contributed by atoms with van der Waals surface area (Å²) in [5.41, 5.74) is 1.18. The lowest BCUT2D eigenvalue weighted by Crippen LogP contribution is -2.53. The number of carbonyl (C=O) groups is 1. The third-order valence-corrected chi connectivity index (χ3v) is 7.92. The van der Waals surface area contributed by atoms with E-state index in [4.69, 9.17) is 0 Å². The normalized spacial score (nSPS) is 50.9. The Hall–Kier alpha value is -0.670. The zero-order valence-electron chi connectivity index (χ0n) is 13.6. The first kappa shape index (κ1) is 14.9. The standard InChI is InChI=1S/C19H28O3/c1-18-8-7-16-14(15(18)4-5-17(18)22)3-2-12-10-13(21)6-9-19(12,16)11-20/h10,14-17,20,22H,2-9,11H2,1H3/t14-,15+,16+,17-,18-,19-/m1/s1. The van der Waals surface area contributed by atoms with Gasteiger partial charge in [-0.15, -0.1) is 0 Å². The summed E-state index contributed by atoms with van der Waals surface area (Å²) in [4.78, 5) is 11.8. The van der Waals surface area contributed by atoms with Crippen LogP contribution in [0.25, 0.3) is 0 Å². The first-order chi connectivity index (χ1) is 10.5. The maximum atomic E-state index is 11.8. The van der Waals surface area contributed by atoms with Gasteiger partial charge in [-0.05, 0) is 74.2 Å². The highest BCUT2D eigenvalue weighted by molar-refractivity contribution is 5.91. The van der Waals surface area contributed by atoms with Crippen molar-refractivity contribution in [3.8, 4) is 0 Å². The monoisotopic (exact) mass is 304 g/mol. The summed E-state index contributed by atoms with van der Waals surface area (Å²) in [6.07, 6.45) is 9.49. The van der Waals surface area contributed by atoms with E-state index in [1.807, 2.05) is 6.08 Å². The first-order valence-corrected chi connectivity index (χ1v) is 9.04. The largest absolute Gasteiger partial charge is 0.395 e.